The smallest absolute Gasteiger partial charge is 0.349 e. The first-order chi connectivity index (χ1) is 29.3. The van der Waals surface area contributed by atoms with Crippen LogP contribution in [-0.4, -0.2) is 111 Å². The lowest BCUT2D eigenvalue weighted by Crippen LogP contribution is -2.56. The SMILES string of the molecule is O=C(/C=C/c1ccc(O)c(O)c1)OC(C(=O)O)C(OC(=O)/C=C/c1ccc(O)c(O)c1)C(OC(=O)/C=C/c1ccc(O)c(O)c1)C(OC(=O)/C=C/c1ccc(O)c(O)c1)C(=O)O. The third-order valence-corrected chi connectivity index (χ3v) is 8.04. The van der Waals surface area contributed by atoms with Crippen LogP contribution in [-0.2, 0) is 47.7 Å². The molecule has 0 aliphatic carbocycles. The molecule has 0 aliphatic rings. The molecular weight excluding hydrogens is 824 g/mol. The van der Waals surface area contributed by atoms with E-state index in [1.807, 2.05) is 0 Å². The molecular formula is C42H34O20. The number of hydrogen-bond acceptors (Lipinski definition) is 18. The standard InChI is InChI=1S/C42H34O20/c43-25-9-1-21(17-29(25)47)5-13-33(51)59-37(39(41(55)56)61-35(53)15-7-23-3-11-27(45)31(49)19-23)38(60-34(52)14-6-22-2-10-26(44)30(48)18-22)40(42(57)58)62-36(54)16-8-24-4-12-28(46)32(50)20-24/h1-20,37-40,43-50H,(H,55,56)(H,57,58)/b13-5+,14-6+,15-7+,16-8+. The average Bonchev–Trinajstić information content (AvgIpc) is 3.22. The highest BCUT2D eigenvalue weighted by molar-refractivity contribution is 5.92. The maximum Gasteiger partial charge on any atom is 0.349 e. The first-order valence-electron chi connectivity index (χ1n) is 17.4. The highest BCUT2D eigenvalue weighted by Gasteiger charge is 2.49. The molecule has 0 fully saturated rings. The van der Waals surface area contributed by atoms with Gasteiger partial charge in [0.15, 0.2) is 58.2 Å². The molecule has 20 nitrogen and oxygen atoms in total. The van der Waals surface area contributed by atoms with E-state index in [-0.39, 0.29) is 22.3 Å². The fourth-order valence-electron chi connectivity index (χ4n) is 5.03. The van der Waals surface area contributed by atoms with E-state index in [0.717, 1.165) is 72.8 Å². The van der Waals surface area contributed by atoms with Gasteiger partial charge in [-0.1, -0.05) is 24.3 Å². The number of phenolic OH excluding ortho intramolecular Hbond substituents is 8. The molecule has 0 bridgehead atoms. The molecule has 0 aliphatic heterocycles. The molecule has 0 saturated heterocycles. The summed E-state index contributed by atoms with van der Waals surface area (Å²) in [6, 6.07) is 13.1. The minimum atomic E-state index is -2.79. The zero-order chi connectivity index (χ0) is 45.7. The van der Waals surface area contributed by atoms with Crippen LogP contribution < -0.4 is 0 Å². The van der Waals surface area contributed by atoms with E-state index in [1.54, 1.807) is 0 Å². The van der Waals surface area contributed by atoms with Gasteiger partial charge in [0, 0.05) is 24.3 Å². The third kappa shape index (κ3) is 13.0. The van der Waals surface area contributed by atoms with Crippen LogP contribution in [0.1, 0.15) is 22.3 Å². The molecule has 4 rings (SSSR count). The average molecular weight is 859 g/mol. The minimum absolute atomic E-state index is 0.0554. The molecule has 0 aromatic heterocycles. The second kappa shape index (κ2) is 20.7. The van der Waals surface area contributed by atoms with Crippen molar-refractivity contribution in [1.29, 1.82) is 0 Å². The Balaban J connectivity index is 1.80. The number of carbonyl (C=O) groups excluding carboxylic acids is 4. The number of hydrogen-bond donors (Lipinski definition) is 10. The molecule has 20 heteroatoms. The van der Waals surface area contributed by atoms with E-state index >= 15 is 0 Å². The van der Waals surface area contributed by atoms with Crippen molar-refractivity contribution in [3.8, 4) is 46.0 Å². The number of carboxylic acid groups (broad SMARTS) is 2. The number of carboxylic acids is 2. The van der Waals surface area contributed by atoms with Crippen LogP contribution in [0.5, 0.6) is 46.0 Å². The van der Waals surface area contributed by atoms with Gasteiger partial charge in [-0.25, -0.2) is 28.8 Å². The lowest BCUT2D eigenvalue weighted by molar-refractivity contribution is -0.203. The predicted molar refractivity (Wildman–Crippen MR) is 210 cm³/mol. The second-order valence-electron chi connectivity index (χ2n) is 12.5. The van der Waals surface area contributed by atoms with E-state index in [1.165, 1.54) is 24.3 Å². The molecule has 322 valence electrons. The largest absolute Gasteiger partial charge is 0.504 e. The van der Waals surface area contributed by atoms with Gasteiger partial charge in [0.1, 0.15) is 0 Å². The summed E-state index contributed by atoms with van der Waals surface area (Å²) in [5.74, 6) is -14.9. The highest BCUT2D eigenvalue weighted by atomic mass is 16.6. The molecule has 0 heterocycles. The number of carbonyl (C=O) groups is 6. The quantitative estimate of drug-likeness (QED) is 0.0315. The van der Waals surface area contributed by atoms with Crippen LogP contribution in [0, 0.1) is 0 Å². The number of ether oxygens (including phenoxy) is 4. The van der Waals surface area contributed by atoms with Crippen LogP contribution >= 0.6 is 0 Å². The number of esters is 4. The van der Waals surface area contributed by atoms with Gasteiger partial charge in [-0.05, 0) is 95.1 Å². The van der Waals surface area contributed by atoms with Gasteiger partial charge >= 0.3 is 35.8 Å². The summed E-state index contributed by atoms with van der Waals surface area (Å²) < 4.78 is 20.7. The summed E-state index contributed by atoms with van der Waals surface area (Å²) in [5.41, 5.74) is 0.262. The van der Waals surface area contributed by atoms with Crippen molar-refractivity contribution < 1.29 is 98.8 Å². The fraction of sp³-hybridized carbons (Fsp3) is 0.0952. The minimum Gasteiger partial charge on any atom is -0.504 e. The van der Waals surface area contributed by atoms with Crippen LogP contribution in [0.4, 0.5) is 0 Å². The number of benzene rings is 4. The van der Waals surface area contributed by atoms with Crippen molar-refractivity contribution in [3.63, 3.8) is 0 Å². The predicted octanol–water partition coefficient (Wildman–Crippen LogP) is 3.30. The van der Waals surface area contributed by atoms with Crippen molar-refractivity contribution in [2.24, 2.45) is 0 Å². The Hall–Kier alpha value is -8.94. The second-order valence-corrected chi connectivity index (χ2v) is 12.5. The van der Waals surface area contributed by atoms with Gasteiger partial charge in [0.2, 0.25) is 12.2 Å². The summed E-state index contributed by atoms with van der Waals surface area (Å²) >= 11 is 0. The Morgan fingerprint density at radius 3 is 0.790 bits per heavy atom. The van der Waals surface area contributed by atoms with Crippen LogP contribution in [0.3, 0.4) is 0 Å². The molecule has 4 aromatic rings. The van der Waals surface area contributed by atoms with Gasteiger partial charge in [-0.3, -0.25) is 0 Å². The van der Waals surface area contributed by atoms with Crippen molar-refractivity contribution in [3.05, 3.63) is 119 Å². The van der Waals surface area contributed by atoms with E-state index in [2.05, 4.69) is 0 Å². The van der Waals surface area contributed by atoms with Crippen LogP contribution in [0.2, 0.25) is 0 Å². The van der Waals surface area contributed by atoms with Crippen molar-refractivity contribution in [1.82, 2.24) is 0 Å². The first-order valence-corrected chi connectivity index (χ1v) is 17.4. The molecule has 0 amide bonds. The lowest BCUT2D eigenvalue weighted by Gasteiger charge is -2.32. The van der Waals surface area contributed by atoms with E-state index in [0.29, 0.717) is 24.3 Å². The Labute approximate surface area is 348 Å². The number of aromatic hydroxyl groups is 8. The van der Waals surface area contributed by atoms with Crippen molar-refractivity contribution in [2.75, 3.05) is 0 Å². The van der Waals surface area contributed by atoms with Crippen LogP contribution in [0.25, 0.3) is 24.3 Å². The molecule has 62 heavy (non-hydrogen) atoms. The fourth-order valence-corrected chi connectivity index (χ4v) is 5.03. The molecule has 0 radical (unpaired) electrons. The molecule has 0 spiro atoms. The van der Waals surface area contributed by atoms with Gasteiger partial charge in [0.05, 0.1) is 0 Å². The summed E-state index contributed by atoms with van der Waals surface area (Å²) in [6.45, 7) is 0. The van der Waals surface area contributed by atoms with Gasteiger partial charge < -0.3 is 70.0 Å². The zero-order valence-electron chi connectivity index (χ0n) is 31.4. The lowest BCUT2D eigenvalue weighted by atomic mass is 10.0. The third-order valence-electron chi connectivity index (χ3n) is 8.04. The number of phenols is 8. The normalized spacial score (nSPS) is 13.4. The van der Waals surface area contributed by atoms with E-state index in [4.69, 9.17) is 18.9 Å². The Morgan fingerprint density at radius 1 is 0.355 bits per heavy atom. The molecule has 10 N–H and O–H groups in total. The summed E-state index contributed by atoms with van der Waals surface area (Å²) in [5, 5.41) is 98.3. The first kappa shape index (κ1) is 45.8. The van der Waals surface area contributed by atoms with Gasteiger partial charge in [0.25, 0.3) is 0 Å². The molecule has 4 aromatic carbocycles. The summed E-state index contributed by atoms with van der Waals surface area (Å²) in [7, 11) is 0. The Morgan fingerprint density at radius 2 is 0.581 bits per heavy atom. The Kier molecular flexibility index (Phi) is 15.2. The molecule has 4 atom stereocenters. The summed E-state index contributed by atoms with van der Waals surface area (Å²) in [6.07, 6.45) is -4.60. The van der Waals surface area contributed by atoms with Crippen LogP contribution in [0.15, 0.2) is 97.1 Å². The van der Waals surface area contributed by atoms with E-state index in [9.17, 15) is 79.8 Å². The van der Waals surface area contributed by atoms with Gasteiger partial charge in [-0.2, -0.15) is 0 Å². The van der Waals surface area contributed by atoms with Crippen molar-refractivity contribution in [2.45, 2.75) is 24.4 Å². The molecule has 0 saturated carbocycles. The monoisotopic (exact) mass is 858 g/mol. The number of aliphatic carboxylic acids is 2. The topological polar surface area (TPSA) is 342 Å². The summed E-state index contributed by atoms with van der Waals surface area (Å²) in [4.78, 5) is 78.4. The van der Waals surface area contributed by atoms with Crippen molar-refractivity contribution >= 4 is 60.1 Å². The Bertz CT molecular complexity index is 2310. The maximum absolute atomic E-state index is 13.3. The van der Waals surface area contributed by atoms with Gasteiger partial charge in [-0.15, -0.1) is 0 Å². The van der Waals surface area contributed by atoms with E-state index < -0.39 is 106 Å². The zero-order valence-corrected chi connectivity index (χ0v) is 31.4. The molecule has 4 unspecified atom stereocenters. The highest BCUT2D eigenvalue weighted by Crippen LogP contribution is 2.29. The maximum atomic E-state index is 13.3. The number of rotatable bonds is 17.